The van der Waals surface area contributed by atoms with E-state index in [0.29, 0.717) is 30.5 Å². The van der Waals surface area contributed by atoms with Crippen molar-refractivity contribution in [2.24, 2.45) is 17.6 Å². The van der Waals surface area contributed by atoms with Gasteiger partial charge in [0.05, 0.1) is 4.90 Å². The number of hydrogen-bond acceptors (Lipinski definition) is 3. The molecule has 2 aliphatic rings. The largest absolute Gasteiger partial charge is 0.389 e. The third-order valence-corrected chi connectivity index (χ3v) is 6.57. The summed E-state index contributed by atoms with van der Waals surface area (Å²) in [5.74, 6) is 1.06. The van der Waals surface area contributed by atoms with E-state index in [0.717, 1.165) is 12.8 Å². The maximum atomic E-state index is 12.8. The molecule has 0 spiro atoms. The molecule has 1 aromatic rings. The zero-order valence-corrected chi connectivity index (χ0v) is 12.8. The van der Waals surface area contributed by atoms with Crippen molar-refractivity contribution in [3.63, 3.8) is 0 Å². The molecule has 2 atom stereocenters. The molecule has 0 amide bonds. The maximum absolute atomic E-state index is 12.8. The van der Waals surface area contributed by atoms with E-state index in [-0.39, 0.29) is 9.88 Å². The van der Waals surface area contributed by atoms with Gasteiger partial charge >= 0.3 is 0 Å². The van der Waals surface area contributed by atoms with Gasteiger partial charge in [-0.15, -0.1) is 0 Å². The van der Waals surface area contributed by atoms with Crippen LogP contribution < -0.4 is 5.73 Å². The number of rotatable bonds is 3. The van der Waals surface area contributed by atoms with Gasteiger partial charge in [-0.1, -0.05) is 36.8 Å². The van der Waals surface area contributed by atoms with Crippen molar-refractivity contribution in [3.05, 3.63) is 29.8 Å². The molecule has 1 aliphatic carbocycles. The van der Waals surface area contributed by atoms with Crippen molar-refractivity contribution in [1.82, 2.24) is 4.31 Å². The zero-order valence-electron chi connectivity index (χ0n) is 11.2. The van der Waals surface area contributed by atoms with E-state index in [9.17, 15) is 8.42 Å². The van der Waals surface area contributed by atoms with Gasteiger partial charge in [-0.25, -0.2) is 8.42 Å². The Morgan fingerprint density at radius 2 is 1.80 bits per heavy atom. The fraction of sp³-hybridized carbons (Fsp3) is 0.500. The van der Waals surface area contributed by atoms with Crippen LogP contribution in [0, 0.1) is 11.8 Å². The normalized spacial score (nSPS) is 26.6. The fourth-order valence-electron chi connectivity index (χ4n) is 3.42. The molecule has 108 valence electrons. The average molecular weight is 310 g/mol. The standard InChI is InChI=1S/C14H18N2O2S2/c15-14(19)12-6-1-2-7-13(12)20(17,18)16-8-10-4-3-5-11(10)9-16/h1-2,6-7,10-11H,3-5,8-9H2,(H2,15,19). The average Bonchev–Trinajstić information content (AvgIpc) is 2.99. The second-order valence-electron chi connectivity index (χ2n) is 5.63. The van der Waals surface area contributed by atoms with Crippen molar-refractivity contribution in [1.29, 1.82) is 0 Å². The Bertz CT molecular complexity index is 630. The molecule has 0 bridgehead atoms. The minimum absolute atomic E-state index is 0.128. The Labute approximate surface area is 125 Å². The summed E-state index contributed by atoms with van der Waals surface area (Å²) in [4.78, 5) is 0.371. The number of thiocarbonyl (C=S) groups is 1. The van der Waals surface area contributed by atoms with Gasteiger partial charge in [0.25, 0.3) is 0 Å². The molecule has 0 aromatic heterocycles. The molecule has 2 fully saturated rings. The maximum Gasteiger partial charge on any atom is 0.243 e. The molecule has 1 aromatic carbocycles. The lowest BCUT2D eigenvalue weighted by Crippen LogP contribution is -2.31. The van der Waals surface area contributed by atoms with Crippen LogP contribution in [-0.2, 0) is 10.0 Å². The minimum atomic E-state index is -3.49. The third-order valence-electron chi connectivity index (χ3n) is 4.46. The summed E-state index contributed by atoms with van der Waals surface area (Å²) in [6.45, 7) is 1.28. The lowest BCUT2D eigenvalue weighted by Gasteiger charge is -2.19. The molecule has 2 unspecified atom stereocenters. The molecule has 6 heteroatoms. The molecule has 20 heavy (non-hydrogen) atoms. The predicted octanol–water partition coefficient (Wildman–Crippen LogP) is 1.74. The van der Waals surface area contributed by atoms with E-state index in [1.807, 2.05) is 0 Å². The van der Waals surface area contributed by atoms with E-state index in [1.54, 1.807) is 28.6 Å². The molecule has 1 aliphatic heterocycles. The molecule has 2 N–H and O–H groups in total. The van der Waals surface area contributed by atoms with Crippen LogP contribution in [0.5, 0.6) is 0 Å². The first-order valence-electron chi connectivity index (χ1n) is 6.89. The van der Waals surface area contributed by atoms with Crippen molar-refractivity contribution in [2.45, 2.75) is 24.2 Å². The van der Waals surface area contributed by atoms with Crippen LogP contribution in [0.25, 0.3) is 0 Å². The van der Waals surface area contributed by atoms with E-state index in [4.69, 9.17) is 18.0 Å². The number of sulfonamides is 1. The van der Waals surface area contributed by atoms with Crippen molar-refractivity contribution in [3.8, 4) is 0 Å². The topological polar surface area (TPSA) is 63.4 Å². The minimum Gasteiger partial charge on any atom is -0.389 e. The highest BCUT2D eigenvalue weighted by Crippen LogP contribution is 2.40. The highest BCUT2D eigenvalue weighted by Gasteiger charge is 2.41. The molecule has 1 saturated heterocycles. The Kier molecular flexibility index (Phi) is 3.56. The third kappa shape index (κ3) is 2.25. The lowest BCUT2D eigenvalue weighted by molar-refractivity contribution is 0.445. The van der Waals surface area contributed by atoms with Gasteiger partial charge in [0.2, 0.25) is 10.0 Å². The Balaban J connectivity index is 1.95. The number of hydrogen-bond donors (Lipinski definition) is 1. The van der Waals surface area contributed by atoms with E-state index >= 15 is 0 Å². The van der Waals surface area contributed by atoms with Gasteiger partial charge in [-0.3, -0.25) is 0 Å². The number of nitrogens with zero attached hydrogens (tertiary/aromatic N) is 1. The number of benzene rings is 1. The molecule has 3 rings (SSSR count). The van der Waals surface area contributed by atoms with E-state index in [1.165, 1.54) is 6.42 Å². The second-order valence-corrected chi connectivity index (χ2v) is 7.98. The Hall–Kier alpha value is -0.980. The summed E-state index contributed by atoms with van der Waals surface area (Å²) in [5, 5.41) is 0. The van der Waals surface area contributed by atoms with Gasteiger partial charge in [-0.2, -0.15) is 4.31 Å². The first-order chi connectivity index (χ1) is 9.50. The van der Waals surface area contributed by atoms with Crippen molar-refractivity contribution in [2.75, 3.05) is 13.1 Å². The SMILES string of the molecule is NC(=S)c1ccccc1S(=O)(=O)N1CC2CCCC2C1. The van der Waals surface area contributed by atoms with Gasteiger partial charge in [0, 0.05) is 18.7 Å². The Morgan fingerprint density at radius 1 is 1.20 bits per heavy atom. The Morgan fingerprint density at radius 3 is 2.40 bits per heavy atom. The highest BCUT2D eigenvalue weighted by molar-refractivity contribution is 7.89. The summed E-state index contributed by atoms with van der Waals surface area (Å²) in [7, 11) is -3.49. The predicted molar refractivity (Wildman–Crippen MR) is 81.9 cm³/mol. The van der Waals surface area contributed by atoms with Crippen LogP contribution in [0.1, 0.15) is 24.8 Å². The van der Waals surface area contributed by atoms with E-state index < -0.39 is 10.0 Å². The quantitative estimate of drug-likeness (QED) is 0.864. The first-order valence-corrected chi connectivity index (χ1v) is 8.74. The number of fused-ring (bicyclic) bond motifs is 1. The van der Waals surface area contributed by atoms with Crippen molar-refractivity contribution < 1.29 is 8.42 Å². The second kappa shape index (κ2) is 5.09. The monoisotopic (exact) mass is 310 g/mol. The van der Waals surface area contributed by atoms with Gasteiger partial charge in [-0.05, 0) is 30.7 Å². The van der Waals surface area contributed by atoms with Crippen LogP contribution in [0.2, 0.25) is 0 Å². The number of nitrogens with two attached hydrogens (primary N) is 1. The summed E-state index contributed by atoms with van der Waals surface area (Å²) in [6, 6.07) is 6.74. The molecular weight excluding hydrogens is 292 g/mol. The lowest BCUT2D eigenvalue weighted by atomic mass is 10.0. The van der Waals surface area contributed by atoms with Gasteiger partial charge in [0.1, 0.15) is 4.99 Å². The summed E-state index contributed by atoms with van der Waals surface area (Å²) in [6.07, 6.45) is 3.52. The summed E-state index contributed by atoms with van der Waals surface area (Å²) in [5.41, 5.74) is 6.09. The molecule has 0 radical (unpaired) electrons. The molecular formula is C14H18N2O2S2. The van der Waals surface area contributed by atoms with E-state index in [2.05, 4.69) is 0 Å². The highest BCUT2D eigenvalue weighted by atomic mass is 32.2. The van der Waals surface area contributed by atoms with Gasteiger partial charge < -0.3 is 5.73 Å². The van der Waals surface area contributed by atoms with Crippen LogP contribution in [-0.4, -0.2) is 30.8 Å². The molecule has 1 heterocycles. The van der Waals surface area contributed by atoms with Gasteiger partial charge in [0.15, 0.2) is 0 Å². The molecule has 1 saturated carbocycles. The van der Waals surface area contributed by atoms with Crippen LogP contribution >= 0.6 is 12.2 Å². The zero-order chi connectivity index (χ0) is 14.3. The smallest absolute Gasteiger partial charge is 0.243 e. The first kappa shape index (κ1) is 14.0. The van der Waals surface area contributed by atoms with Crippen LogP contribution in [0.3, 0.4) is 0 Å². The van der Waals surface area contributed by atoms with Crippen LogP contribution in [0.15, 0.2) is 29.2 Å². The van der Waals surface area contributed by atoms with Crippen LogP contribution in [0.4, 0.5) is 0 Å². The summed E-state index contributed by atoms with van der Waals surface area (Å²) < 4.78 is 27.2. The van der Waals surface area contributed by atoms with Crippen molar-refractivity contribution >= 4 is 27.2 Å². The summed E-state index contributed by atoms with van der Waals surface area (Å²) >= 11 is 4.97. The fourth-order valence-corrected chi connectivity index (χ4v) is 5.43. The molecule has 4 nitrogen and oxygen atoms in total.